The van der Waals surface area contributed by atoms with Crippen molar-refractivity contribution in [1.29, 1.82) is 0 Å². The number of carboxylic acids is 1. The zero-order valence-electron chi connectivity index (χ0n) is 10.3. The van der Waals surface area contributed by atoms with Gasteiger partial charge in [-0.15, -0.1) is 0 Å². The standard InChI is InChI=1S/C13H15F2NO3/c14-10-6-9(7-11(15)8-10)13(19)16-5-3-1-2-4-12(17)18/h6-8H,1-5H2,(H,16,19)(H,17,18). The van der Waals surface area contributed by atoms with Crippen LogP contribution in [0, 0.1) is 11.6 Å². The van der Waals surface area contributed by atoms with Crippen LogP contribution in [0.3, 0.4) is 0 Å². The van der Waals surface area contributed by atoms with Crippen molar-refractivity contribution in [3.05, 3.63) is 35.4 Å². The fourth-order valence-electron chi connectivity index (χ4n) is 1.57. The summed E-state index contributed by atoms with van der Waals surface area (Å²) < 4.78 is 25.8. The fraction of sp³-hybridized carbons (Fsp3) is 0.385. The van der Waals surface area contributed by atoms with Crippen LogP contribution in [0.25, 0.3) is 0 Å². The van der Waals surface area contributed by atoms with Gasteiger partial charge in [-0.2, -0.15) is 0 Å². The summed E-state index contributed by atoms with van der Waals surface area (Å²) in [5.74, 6) is -2.99. The maximum absolute atomic E-state index is 12.9. The number of hydrogen-bond donors (Lipinski definition) is 2. The minimum Gasteiger partial charge on any atom is -0.481 e. The molecule has 1 aromatic carbocycles. The maximum Gasteiger partial charge on any atom is 0.303 e. The maximum atomic E-state index is 12.9. The average molecular weight is 271 g/mol. The second-order valence-corrected chi connectivity index (χ2v) is 4.12. The Morgan fingerprint density at radius 3 is 2.26 bits per heavy atom. The molecule has 2 N–H and O–H groups in total. The Labute approximate surface area is 109 Å². The predicted octanol–water partition coefficient (Wildman–Crippen LogP) is 2.34. The van der Waals surface area contributed by atoms with Crippen LogP contribution in [0.5, 0.6) is 0 Å². The van der Waals surface area contributed by atoms with E-state index in [1.807, 2.05) is 0 Å². The predicted molar refractivity (Wildman–Crippen MR) is 64.8 cm³/mol. The minimum absolute atomic E-state index is 0.0666. The van der Waals surface area contributed by atoms with Crippen LogP contribution in [0.2, 0.25) is 0 Å². The monoisotopic (exact) mass is 271 g/mol. The first-order valence-electron chi connectivity index (χ1n) is 5.95. The summed E-state index contributed by atoms with van der Waals surface area (Å²) >= 11 is 0. The highest BCUT2D eigenvalue weighted by Gasteiger charge is 2.08. The highest BCUT2D eigenvalue weighted by Crippen LogP contribution is 2.08. The molecule has 1 aromatic rings. The first-order chi connectivity index (χ1) is 8.99. The van der Waals surface area contributed by atoms with Crippen LogP contribution in [0.4, 0.5) is 8.78 Å². The summed E-state index contributed by atoms with van der Waals surface area (Å²) in [5, 5.41) is 10.9. The van der Waals surface area contributed by atoms with E-state index in [-0.39, 0.29) is 12.0 Å². The Hall–Kier alpha value is -1.98. The van der Waals surface area contributed by atoms with Crippen molar-refractivity contribution in [3.63, 3.8) is 0 Å². The van der Waals surface area contributed by atoms with E-state index in [0.29, 0.717) is 31.9 Å². The molecule has 0 saturated heterocycles. The molecule has 0 unspecified atom stereocenters. The van der Waals surface area contributed by atoms with E-state index in [2.05, 4.69) is 5.32 Å². The number of carboxylic acid groups (broad SMARTS) is 1. The summed E-state index contributed by atoms with van der Waals surface area (Å²) in [6.45, 7) is 0.344. The lowest BCUT2D eigenvalue weighted by molar-refractivity contribution is -0.137. The van der Waals surface area contributed by atoms with Gasteiger partial charge in [0.2, 0.25) is 0 Å². The Bertz CT molecular complexity index is 443. The lowest BCUT2D eigenvalue weighted by Gasteiger charge is -2.05. The van der Waals surface area contributed by atoms with Crippen molar-refractivity contribution in [3.8, 4) is 0 Å². The number of unbranched alkanes of at least 4 members (excludes halogenated alkanes) is 2. The van der Waals surface area contributed by atoms with Crippen molar-refractivity contribution in [2.75, 3.05) is 6.54 Å². The second-order valence-electron chi connectivity index (χ2n) is 4.12. The number of amides is 1. The van der Waals surface area contributed by atoms with Crippen molar-refractivity contribution in [1.82, 2.24) is 5.32 Å². The van der Waals surface area contributed by atoms with E-state index < -0.39 is 23.5 Å². The number of carbonyl (C=O) groups is 2. The van der Waals surface area contributed by atoms with E-state index in [1.165, 1.54) is 0 Å². The largest absolute Gasteiger partial charge is 0.481 e. The molecule has 19 heavy (non-hydrogen) atoms. The van der Waals surface area contributed by atoms with E-state index in [0.717, 1.165) is 12.1 Å². The number of benzene rings is 1. The SMILES string of the molecule is O=C(O)CCCCCNC(=O)c1cc(F)cc(F)c1. The molecule has 4 nitrogen and oxygen atoms in total. The van der Waals surface area contributed by atoms with Gasteiger partial charge in [0.05, 0.1) is 0 Å². The van der Waals surface area contributed by atoms with Crippen LogP contribution in [0.15, 0.2) is 18.2 Å². The summed E-state index contributed by atoms with van der Waals surface area (Å²) in [6.07, 6.45) is 1.93. The van der Waals surface area contributed by atoms with Crippen LogP contribution >= 0.6 is 0 Å². The molecule has 0 spiro atoms. The highest BCUT2D eigenvalue weighted by atomic mass is 19.1. The molecule has 0 aromatic heterocycles. The van der Waals surface area contributed by atoms with Crippen molar-refractivity contribution in [2.45, 2.75) is 25.7 Å². The Kier molecular flexibility index (Phi) is 5.92. The van der Waals surface area contributed by atoms with Crippen LogP contribution < -0.4 is 5.32 Å². The zero-order chi connectivity index (χ0) is 14.3. The summed E-state index contributed by atoms with van der Waals surface area (Å²) in [5.41, 5.74) is -0.0666. The quantitative estimate of drug-likeness (QED) is 0.748. The topological polar surface area (TPSA) is 66.4 Å². The number of nitrogens with one attached hydrogen (secondary N) is 1. The first kappa shape index (κ1) is 15.1. The molecule has 0 radical (unpaired) electrons. The van der Waals surface area contributed by atoms with Gasteiger partial charge in [0.25, 0.3) is 5.91 Å². The normalized spacial score (nSPS) is 10.2. The fourth-order valence-corrected chi connectivity index (χ4v) is 1.57. The molecular weight excluding hydrogens is 256 g/mol. The molecule has 1 amide bonds. The van der Waals surface area contributed by atoms with E-state index >= 15 is 0 Å². The molecule has 0 aliphatic rings. The lowest BCUT2D eigenvalue weighted by atomic mass is 10.1. The van der Waals surface area contributed by atoms with Gasteiger partial charge in [-0.1, -0.05) is 6.42 Å². The van der Waals surface area contributed by atoms with Gasteiger partial charge in [-0.25, -0.2) is 8.78 Å². The Morgan fingerprint density at radius 1 is 1.05 bits per heavy atom. The summed E-state index contributed by atoms with van der Waals surface area (Å²) in [7, 11) is 0. The van der Waals surface area contributed by atoms with Gasteiger partial charge in [-0.05, 0) is 25.0 Å². The highest BCUT2D eigenvalue weighted by molar-refractivity contribution is 5.94. The smallest absolute Gasteiger partial charge is 0.303 e. The third-order valence-electron chi connectivity index (χ3n) is 2.48. The lowest BCUT2D eigenvalue weighted by Crippen LogP contribution is -2.24. The third-order valence-corrected chi connectivity index (χ3v) is 2.48. The number of halogens is 2. The summed E-state index contributed by atoms with van der Waals surface area (Å²) in [6, 6.07) is 2.62. The van der Waals surface area contributed by atoms with Gasteiger partial charge in [-0.3, -0.25) is 9.59 Å². The minimum atomic E-state index is -0.848. The van der Waals surface area contributed by atoms with Crippen molar-refractivity contribution < 1.29 is 23.5 Å². The van der Waals surface area contributed by atoms with Gasteiger partial charge in [0, 0.05) is 24.6 Å². The van der Waals surface area contributed by atoms with Crippen molar-refractivity contribution >= 4 is 11.9 Å². The van der Waals surface area contributed by atoms with E-state index in [4.69, 9.17) is 5.11 Å². The second kappa shape index (κ2) is 7.45. The molecule has 1 rings (SSSR count). The molecule has 104 valence electrons. The van der Waals surface area contributed by atoms with Crippen LogP contribution in [-0.2, 0) is 4.79 Å². The van der Waals surface area contributed by atoms with Gasteiger partial charge < -0.3 is 10.4 Å². The van der Waals surface area contributed by atoms with Crippen LogP contribution in [-0.4, -0.2) is 23.5 Å². The van der Waals surface area contributed by atoms with Gasteiger partial charge >= 0.3 is 5.97 Å². The molecule has 0 saturated carbocycles. The van der Waals surface area contributed by atoms with E-state index in [1.54, 1.807) is 0 Å². The third kappa shape index (κ3) is 5.94. The van der Waals surface area contributed by atoms with E-state index in [9.17, 15) is 18.4 Å². The number of rotatable bonds is 7. The molecular formula is C13H15F2NO3. The van der Waals surface area contributed by atoms with Gasteiger partial charge in [0.1, 0.15) is 11.6 Å². The molecule has 6 heteroatoms. The number of aliphatic carboxylic acids is 1. The Balaban J connectivity index is 2.29. The molecule has 0 atom stereocenters. The number of carbonyl (C=O) groups excluding carboxylic acids is 1. The molecule has 0 fully saturated rings. The first-order valence-corrected chi connectivity index (χ1v) is 5.95. The number of hydrogen-bond acceptors (Lipinski definition) is 2. The van der Waals surface area contributed by atoms with Crippen LogP contribution in [0.1, 0.15) is 36.0 Å². The zero-order valence-corrected chi connectivity index (χ0v) is 10.3. The molecule has 0 aliphatic carbocycles. The average Bonchev–Trinajstić information content (AvgIpc) is 2.31. The molecule has 0 aliphatic heterocycles. The molecule has 0 bridgehead atoms. The molecule has 0 heterocycles. The Morgan fingerprint density at radius 2 is 1.68 bits per heavy atom. The summed E-state index contributed by atoms with van der Waals surface area (Å²) in [4.78, 5) is 21.8. The van der Waals surface area contributed by atoms with Gasteiger partial charge in [0.15, 0.2) is 0 Å². The van der Waals surface area contributed by atoms with Crippen molar-refractivity contribution in [2.24, 2.45) is 0 Å².